The van der Waals surface area contributed by atoms with Crippen LogP contribution >= 0.6 is 0 Å². The summed E-state index contributed by atoms with van der Waals surface area (Å²) in [6.07, 6.45) is -3.24. The summed E-state index contributed by atoms with van der Waals surface area (Å²) >= 11 is 0. The van der Waals surface area contributed by atoms with E-state index in [-0.39, 0.29) is 30.8 Å². The largest absolute Gasteiger partial charge is 0.493 e. The zero-order valence-electron chi connectivity index (χ0n) is 15.5. The number of H-pyrrole nitrogens is 1. The third kappa shape index (κ3) is 4.83. The Kier molecular flexibility index (Phi) is 6.23. The van der Waals surface area contributed by atoms with Crippen LogP contribution in [0.4, 0.5) is 13.2 Å². The van der Waals surface area contributed by atoms with Crippen LogP contribution in [-0.2, 0) is 22.1 Å². The van der Waals surface area contributed by atoms with E-state index in [4.69, 9.17) is 9.47 Å². The van der Waals surface area contributed by atoms with Gasteiger partial charge in [-0.05, 0) is 24.6 Å². The molecule has 1 aromatic heterocycles. The fourth-order valence-electron chi connectivity index (χ4n) is 3.26. The van der Waals surface area contributed by atoms with Gasteiger partial charge in [-0.3, -0.25) is 9.89 Å². The summed E-state index contributed by atoms with van der Waals surface area (Å²) in [4.78, 5) is 13.6. The molecule has 6 nitrogen and oxygen atoms in total. The number of halogens is 3. The number of aromatic nitrogens is 2. The molecule has 0 radical (unpaired) electrons. The second-order valence-corrected chi connectivity index (χ2v) is 6.67. The molecular formula is C19H22F3N3O3. The predicted octanol–water partition coefficient (Wildman–Crippen LogP) is 3.01. The zero-order valence-corrected chi connectivity index (χ0v) is 15.5. The minimum Gasteiger partial charge on any atom is -0.493 e. The molecule has 2 heterocycles. The quantitative estimate of drug-likeness (QED) is 0.780. The number of methoxy groups -OCH3 is 1. The summed E-state index contributed by atoms with van der Waals surface area (Å²) in [7, 11) is 1.49. The van der Waals surface area contributed by atoms with Crippen LogP contribution in [0.2, 0.25) is 0 Å². The van der Waals surface area contributed by atoms with Crippen LogP contribution in [0.15, 0.2) is 30.3 Å². The Morgan fingerprint density at radius 2 is 2.14 bits per heavy atom. The zero-order chi connectivity index (χ0) is 20.1. The van der Waals surface area contributed by atoms with Crippen molar-refractivity contribution < 1.29 is 27.4 Å². The van der Waals surface area contributed by atoms with Gasteiger partial charge in [0.25, 0.3) is 0 Å². The van der Waals surface area contributed by atoms with Gasteiger partial charge in [0.15, 0.2) is 0 Å². The third-order valence-electron chi connectivity index (χ3n) is 4.70. The van der Waals surface area contributed by atoms with Gasteiger partial charge in [0.05, 0.1) is 17.9 Å². The second kappa shape index (κ2) is 8.64. The second-order valence-electron chi connectivity index (χ2n) is 6.67. The molecule has 1 amide bonds. The summed E-state index contributed by atoms with van der Waals surface area (Å²) in [5.74, 6) is -0.0898. The highest BCUT2D eigenvalue weighted by Gasteiger charge is 2.34. The monoisotopic (exact) mass is 397 g/mol. The molecular weight excluding hydrogens is 375 g/mol. The van der Waals surface area contributed by atoms with Gasteiger partial charge in [0, 0.05) is 38.2 Å². The van der Waals surface area contributed by atoms with Crippen molar-refractivity contribution in [3.8, 4) is 5.75 Å². The first kappa shape index (κ1) is 20.2. The van der Waals surface area contributed by atoms with E-state index in [0.29, 0.717) is 19.5 Å². The van der Waals surface area contributed by atoms with Gasteiger partial charge in [0.1, 0.15) is 12.4 Å². The number of likely N-dealkylation sites (tertiary alicyclic amines) is 1. The molecule has 1 saturated heterocycles. The lowest BCUT2D eigenvalue weighted by molar-refractivity contribution is -0.139. The van der Waals surface area contributed by atoms with Crippen LogP contribution in [0.25, 0.3) is 0 Å². The number of nitrogens with zero attached hydrogens (tertiary/aromatic N) is 2. The number of carbonyl (C=O) groups is 1. The van der Waals surface area contributed by atoms with Gasteiger partial charge >= 0.3 is 6.18 Å². The van der Waals surface area contributed by atoms with Gasteiger partial charge in [-0.1, -0.05) is 12.1 Å². The van der Waals surface area contributed by atoms with Crippen LogP contribution in [0, 0.1) is 0 Å². The van der Waals surface area contributed by atoms with E-state index in [1.165, 1.54) is 25.3 Å². The van der Waals surface area contributed by atoms with E-state index in [0.717, 1.165) is 23.9 Å². The van der Waals surface area contributed by atoms with Crippen molar-refractivity contribution in [2.45, 2.75) is 24.9 Å². The lowest BCUT2D eigenvalue weighted by Crippen LogP contribution is -2.31. The van der Waals surface area contributed by atoms with E-state index >= 15 is 0 Å². The summed E-state index contributed by atoms with van der Waals surface area (Å²) in [5.41, 5.74) is 0.839. The van der Waals surface area contributed by atoms with Crippen LogP contribution < -0.4 is 4.74 Å². The number of hydrogen-bond donors (Lipinski definition) is 1. The summed E-state index contributed by atoms with van der Waals surface area (Å²) in [6, 6.07) is 7.04. The standard InChI is InChI=1S/C19H22F3N3O3/c1-27-12-18(26)25-8-6-13(11-25)16-10-14(23-24-16)7-9-28-17-5-3-2-4-15(17)19(20,21)22/h2-5,10,13H,6-9,11-12H2,1H3,(H,23,24). The van der Waals surface area contributed by atoms with Gasteiger partial charge in [0.2, 0.25) is 5.91 Å². The molecule has 1 aliphatic heterocycles. The molecule has 2 aromatic rings. The first-order valence-electron chi connectivity index (χ1n) is 8.98. The molecule has 0 spiro atoms. The van der Waals surface area contributed by atoms with Gasteiger partial charge in [-0.2, -0.15) is 18.3 Å². The van der Waals surface area contributed by atoms with E-state index < -0.39 is 11.7 Å². The first-order valence-corrected chi connectivity index (χ1v) is 8.98. The summed E-state index contributed by atoms with van der Waals surface area (Å²) in [6.45, 7) is 1.40. The van der Waals surface area contributed by atoms with E-state index in [1.54, 1.807) is 4.90 Å². The van der Waals surface area contributed by atoms with Crippen molar-refractivity contribution in [2.75, 3.05) is 33.4 Å². The number of hydrogen-bond acceptors (Lipinski definition) is 4. The summed E-state index contributed by atoms with van der Waals surface area (Å²) < 4.78 is 49.2. The highest BCUT2D eigenvalue weighted by molar-refractivity contribution is 5.77. The van der Waals surface area contributed by atoms with Crippen molar-refractivity contribution in [1.82, 2.24) is 15.1 Å². The normalized spacial score (nSPS) is 17.1. The Morgan fingerprint density at radius 1 is 1.36 bits per heavy atom. The van der Waals surface area contributed by atoms with Crippen LogP contribution in [-0.4, -0.2) is 54.4 Å². The van der Waals surface area contributed by atoms with Crippen molar-refractivity contribution in [3.05, 3.63) is 47.3 Å². The number of aromatic amines is 1. The molecule has 1 atom stereocenters. The molecule has 1 N–H and O–H groups in total. The molecule has 28 heavy (non-hydrogen) atoms. The minimum atomic E-state index is -4.45. The van der Waals surface area contributed by atoms with Crippen LogP contribution in [0.1, 0.15) is 29.3 Å². The van der Waals surface area contributed by atoms with Crippen LogP contribution in [0.5, 0.6) is 5.75 Å². The number of amides is 1. The molecule has 0 saturated carbocycles. The SMILES string of the molecule is COCC(=O)N1CCC(c2cc(CCOc3ccccc3C(F)(F)F)[nH]n2)C1. The van der Waals surface area contributed by atoms with Crippen LogP contribution in [0.3, 0.4) is 0 Å². The maximum atomic E-state index is 13.0. The Balaban J connectivity index is 1.53. The van der Waals surface area contributed by atoms with Gasteiger partial charge in [-0.15, -0.1) is 0 Å². The molecule has 0 bridgehead atoms. The number of para-hydroxylation sites is 1. The summed E-state index contributed by atoms with van der Waals surface area (Å²) in [5, 5.41) is 7.19. The van der Waals surface area contributed by atoms with Gasteiger partial charge < -0.3 is 14.4 Å². The van der Waals surface area contributed by atoms with E-state index in [1.807, 2.05) is 6.07 Å². The van der Waals surface area contributed by atoms with Crippen molar-refractivity contribution >= 4 is 5.91 Å². The van der Waals surface area contributed by atoms with Crippen molar-refractivity contribution in [1.29, 1.82) is 0 Å². The van der Waals surface area contributed by atoms with Crippen molar-refractivity contribution in [2.24, 2.45) is 0 Å². The molecule has 1 unspecified atom stereocenters. The number of alkyl halides is 3. The lowest BCUT2D eigenvalue weighted by Gasteiger charge is -2.15. The maximum Gasteiger partial charge on any atom is 0.419 e. The average molecular weight is 397 g/mol. The van der Waals surface area contributed by atoms with Gasteiger partial charge in [-0.25, -0.2) is 0 Å². The minimum absolute atomic E-state index is 0.0440. The Bertz CT molecular complexity index is 807. The highest BCUT2D eigenvalue weighted by atomic mass is 19.4. The highest BCUT2D eigenvalue weighted by Crippen LogP contribution is 2.36. The molecule has 1 aliphatic rings. The Hall–Kier alpha value is -2.55. The molecule has 1 aromatic carbocycles. The Morgan fingerprint density at radius 3 is 2.89 bits per heavy atom. The fourth-order valence-corrected chi connectivity index (χ4v) is 3.26. The smallest absolute Gasteiger partial charge is 0.419 e. The van der Waals surface area contributed by atoms with Crippen molar-refractivity contribution in [3.63, 3.8) is 0 Å². The topological polar surface area (TPSA) is 67.4 Å². The van der Waals surface area contributed by atoms with E-state index in [2.05, 4.69) is 10.2 Å². The average Bonchev–Trinajstić information content (AvgIpc) is 3.31. The number of benzene rings is 1. The maximum absolute atomic E-state index is 13.0. The van der Waals surface area contributed by atoms with E-state index in [9.17, 15) is 18.0 Å². The Labute approximate surface area is 160 Å². The predicted molar refractivity (Wildman–Crippen MR) is 95.0 cm³/mol. The number of nitrogens with one attached hydrogen (secondary N) is 1. The fraction of sp³-hybridized carbons (Fsp3) is 0.474. The molecule has 0 aliphatic carbocycles. The number of ether oxygens (including phenoxy) is 2. The molecule has 9 heteroatoms. The molecule has 1 fully saturated rings. The number of rotatable bonds is 7. The lowest BCUT2D eigenvalue weighted by atomic mass is 10.0. The molecule has 152 valence electrons. The third-order valence-corrected chi connectivity index (χ3v) is 4.70. The first-order chi connectivity index (χ1) is 13.4. The molecule has 3 rings (SSSR count). The number of carbonyl (C=O) groups excluding carboxylic acids is 1.